The zero-order valence-corrected chi connectivity index (χ0v) is 14.9. The Bertz CT molecular complexity index is 848. The van der Waals surface area contributed by atoms with Crippen LogP contribution in [-0.4, -0.2) is 30.6 Å². The van der Waals surface area contributed by atoms with Crippen LogP contribution in [0.15, 0.2) is 78.9 Å². The van der Waals surface area contributed by atoms with Gasteiger partial charge in [0.25, 0.3) is 0 Å². The zero-order valence-electron chi connectivity index (χ0n) is 14.9. The number of nitrogens with zero attached hydrogens (tertiary/aromatic N) is 1. The molecular formula is C23H22N2O. The molecule has 1 fully saturated rings. The summed E-state index contributed by atoms with van der Waals surface area (Å²) in [5.74, 6) is 0.150. The SMILES string of the molecule is CN1C(=O)CN[C@@H]1Cc1cc(-c2ccccc2)cc(-c2ccccc2)c1. The van der Waals surface area contributed by atoms with Crippen LogP contribution in [-0.2, 0) is 11.2 Å². The molecule has 1 amide bonds. The zero-order chi connectivity index (χ0) is 17.9. The molecule has 3 aromatic rings. The van der Waals surface area contributed by atoms with Gasteiger partial charge in [0.15, 0.2) is 0 Å². The topological polar surface area (TPSA) is 32.3 Å². The summed E-state index contributed by atoms with van der Waals surface area (Å²) in [6.45, 7) is 0.422. The van der Waals surface area contributed by atoms with E-state index in [1.54, 1.807) is 4.90 Å². The molecule has 0 aromatic heterocycles. The molecule has 0 bridgehead atoms. The monoisotopic (exact) mass is 342 g/mol. The third kappa shape index (κ3) is 3.39. The van der Waals surface area contributed by atoms with Gasteiger partial charge in [-0.05, 0) is 33.9 Å². The van der Waals surface area contributed by atoms with Crippen LogP contribution in [0.2, 0.25) is 0 Å². The number of rotatable bonds is 4. The lowest BCUT2D eigenvalue weighted by Gasteiger charge is -2.20. The Balaban J connectivity index is 1.74. The van der Waals surface area contributed by atoms with E-state index in [0.29, 0.717) is 6.54 Å². The summed E-state index contributed by atoms with van der Waals surface area (Å²) < 4.78 is 0. The van der Waals surface area contributed by atoms with E-state index in [1.807, 2.05) is 19.2 Å². The molecular weight excluding hydrogens is 320 g/mol. The molecule has 1 atom stereocenters. The van der Waals surface area contributed by atoms with Crippen LogP contribution in [0.25, 0.3) is 22.3 Å². The summed E-state index contributed by atoms with van der Waals surface area (Å²) >= 11 is 0. The van der Waals surface area contributed by atoms with Crippen LogP contribution in [0.4, 0.5) is 0 Å². The number of likely N-dealkylation sites (N-methyl/N-ethyl adjacent to an activating group) is 1. The average molecular weight is 342 g/mol. The van der Waals surface area contributed by atoms with Crippen molar-refractivity contribution in [1.82, 2.24) is 10.2 Å². The van der Waals surface area contributed by atoms with E-state index < -0.39 is 0 Å². The van der Waals surface area contributed by atoms with Crippen LogP contribution < -0.4 is 5.32 Å². The van der Waals surface area contributed by atoms with Crippen molar-refractivity contribution in [3.8, 4) is 22.3 Å². The smallest absolute Gasteiger partial charge is 0.237 e. The van der Waals surface area contributed by atoms with Gasteiger partial charge >= 0.3 is 0 Å². The Morgan fingerprint density at radius 1 is 0.846 bits per heavy atom. The molecule has 1 aliphatic heterocycles. The number of nitrogens with one attached hydrogen (secondary N) is 1. The van der Waals surface area contributed by atoms with Crippen LogP contribution in [0.1, 0.15) is 5.56 Å². The minimum atomic E-state index is 0.0529. The predicted octanol–water partition coefficient (Wildman–Crippen LogP) is 3.95. The fraction of sp³-hybridized carbons (Fsp3) is 0.174. The first-order chi connectivity index (χ1) is 12.7. The van der Waals surface area contributed by atoms with Crippen molar-refractivity contribution in [3.63, 3.8) is 0 Å². The molecule has 1 saturated heterocycles. The summed E-state index contributed by atoms with van der Waals surface area (Å²) in [5, 5.41) is 3.30. The molecule has 0 unspecified atom stereocenters. The Morgan fingerprint density at radius 3 is 1.85 bits per heavy atom. The summed E-state index contributed by atoms with van der Waals surface area (Å²) in [5.41, 5.74) is 6.04. The fourth-order valence-electron chi connectivity index (χ4n) is 3.48. The van der Waals surface area contributed by atoms with E-state index >= 15 is 0 Å². The highest BCUT2D eigenvalue weighted by Crippen LogP contribution is 2.29. The Labute approximate surface area is 154 Å². The molecule has 3 heteroatoms. The van der Waals surface area contributed by atoms with Gasteiger partial charge in [0.05, 0.1) is 12.7 Å². The van der Waals surface area contributed by atoms with Crippen LogP contribution in [0.5, 0.6) is 0 Å². The van der Waals surface area contributed by atoms with Crippen LogP contribution in [0, 0.1) is 0 Å². The van der Waals surface area contributed by atoms with Crippen molar-refractivity contribution in [2.75, 3.05) is 13.6 Å². The molecule has 3 nitrogen and oxygen atoms in total. The molecule has 4 rings (SSSR count). The van der Waals surface area contributed by atoms with E-state index in [-0.39, 0.29) is 12.1 Å². The number of benzene rings is 3. The van der Waals surface area contributed by atoms with Gasteiger partial charge in [-0.3, -0.25) is 10.1 Å². The second kappa shape index (κ2) is 7.14. The molecule has 0 saturated carbocycles. The first-order valence-electron chi connectivity index (χ1n) is 8.94. The lowest BCUT2D eigenvalue weighted by molar-refractivity contribution is -0.126. The van der Waals surface area contributed by atoms with E-state index in [2.05, 4.69) is 72.0 Å². The number of carbonyl (C=O) groups is 1. The summed E-state index contributed by atoms with van der Waals surface area (Å²) in [7, 11) is 1.87. The third-order valence-electron chi connectivity index (χ3n) is 4.99. The van der Waals surface area contributed by atoms with E-state index in [4.69, 9.17) is 0 Å². The maximum Gasteiger partial charge on any atom is 0.237 e. The molecule has 130 valence electrons. The molecule has 1 aliphatic rings. The molecule has 0 spiro atoms. The normalized spacial score (nSPS) is 16.9. The Morgan fingerprint density at radius 2 is 1.38 bits per heavy atom. The van der Waals surface area contributed by atoms with Crippen molar-refractivity contribution < 1.29 is 4.79 Å². The van der Waals surface area contributed by atoms with E-state index in [0.717, 1.165) is 6.42 Å². The number of carbonyl (C=O) groups excluding carboxylic acids is 1. The molecule has 26 heavy (non-hydrogen) atoms. The quantitative estimate of drug-likeness (QED) is 0.779. The van der Waals surface area contributed by atoms with Crippen molar-refractivity contribution >= 4 is 5.91 Å². The lowest BCUT2D eigenvalue weighted by Crippen LogP contribution is -2.36. The number of hydrogen-bond donors (Lipinski definition) is 1. The van der Waals surface area contributed by atoms with Crippen molar-refractivity contribution in [2.45, 2.75) is 12.6 Å². The first kappa shape index (κ1) is 16.6. The molecule has 0 radical (unpaired) electrons. The average Bonchev–Trinajstić information content (AvgIpc) is 3.01. The standard InChI is InChI=1S/C23H22N2O/c1-25-22(24-16-23(25)26)14-17-12-20(18-8-4-2-5-9-18)15-21(13-17)19-10-6-3-7-11-19/h2-13,15,22,24H,14,16H2,1H3/t22-/m0/s1. The summed E-state index contributed by atoms with van der Waals surface area (Å²) in [6, 6.07) is 27.6. The Kier molecular flexibility index (Phi) is 4.55. The van der Waals surface area contributed by atoms with Crippen molar-refractivity contribution in [3.05, 3.63) is 84.4 Å². The maximum absolute atomic E-state index is 11.8. The highest BCUT2D eigenvalue weighted by atomic mass is 16.2. The van der Waals surface area contributed by atoms with Gasteiger partial charge in [0.1, 0.15) is 0 Å². The molecule has 3 aromatic carbocycles. The van der Waals surface area contributed by atoms with Crippen molar-refractivity contribution in [1.29, 1.82) is 0 Å². The van der Waals surface area contributed by atoms with Gasteiger partial charge in [-0.1, -0.05) is 72.8 Å². The van der Waals surface area contributed by atoms with Gasteiger partial charge in [-0.2, -0.15) is 0 Å². The molecule has 1 heterocycles. The summed E-state index contributed by atoms with van der Waals surface area (Å²) in [4.78, 5) is 13.6. The predicted molar refractivity (Wildman–Crippen MR) is 106 cm³/mol. The highest BCUT2D eigenvalue weighted by Gasteiger charge is 2.27. The lowest BCUT2D eigenvalue weighted by atomic mass is 9.94. The minimum Gasteiger partial charge on any atom is -0.329 e. The molecule has 0 aliphatic carbocycles. The van der Waals surface area contributed by atoms with Gasteiger partial charge in [0.2, 0.25) is 5.91 Å². The van der Waals surface area contributed by atoms with Crippen LogP contribution in [0.3, 0.4) is 0 Å². The van der Waals surface area contributed by atoms with Crippen LogP contribution >= 0.6 is 0 Å². The number of hydrogen-bond acceptors (Lipinski definition) is 2. The Hall–Kier alpha value is -2.91. The van der Waals surface area contributed by atoms with Crippen molar-refractivity contribution in [2.24, 2.45) is 0 Å². The van der Waals surface area contributed by atoms with Gasteiger partial charge in [0, 0.05) is 13.5 Å². The largest absolute Gasteiger partial charge is 0.329 e. The fourth-order valence-corrected chi connectivity index (χ4v) is 3.48. The van der Waals surface area contributed by atoms with Gasteiger partial charge < -0.3 is 4.90 Å². The molecule has 1 N–H and O–H groups in total. The van der Waals surface area contributed by atoms with Gasteiger partial charge in [-0.15, -0.1) is 0 Å². The summed E-state index contributed by atoms with van der Waals surface area (Å²) in [6.07, 6.45) is 0.847. The third-order valence-corrected chi connectivity index (χ3v) is 4.99. The van der Waals surface area contributed by atoms with E-state index in [1.165, 1.54) is 27.8 Å². The van der Waals surface area contributed by atoms with Gasteiger partial charge in [-0.25, -0.2) is 0 Å². The minimum absolute atomic E-state index is 0.0529. The second-order valence-electron chi connectivity index (χ2n) is 6.76. The number of amides is 1. The first-order valence-corrected chi connectivity index (χ1v) is 8.94. The highest BCUT2D eigenvalue weighted by molar-refractivity contribution is 5.80. The van der Waals surface area contributed by atoms with E-state index in [9.17, 15) is 4.79 Å². The second-order valence-corrected chi connectivity index (χ2v) is 6.76. The maximum atomic E-state index is 11.8.